The number of nitrogens with one attached hydrogen (secondary N) is 2. The van der Waals surface area contributed by atoms with Crippen molar-refractivity contribution in [2.75, 3.05) is 5.32 Å². The van der Waals surface area contributed by atoms with Gasteiger partial charge in [-0.1, -0.05) is 24.3 Å². The van der Waals surface area contributed by atoms with E-state index < -0.39 is 5.97 Å². The van der Waals surface area contributed by atoms with Crippen LogP contribution < -0.4 is 10.7 Å². The lowest BCUT2D eigenvalue weighted by atomic mass is 10.1. The number of hydrogen-bond donors (Lipinski definition) is 3. The van der Waals surface area contributed by atoms with Crippen molar-refractivity contribution in [2.45, 2.75) is 13.8 Å². The van der Waals surface area contributed by atoms with Gasteiger partial charge in [-0.15, -0.1) is 0 Å². The molecule has 3 N–H and O–H groups in total. The Kier molecular flexibility index (Phi) is 5.43. The highest BCUT2D eigenvalue weighted by Crippen LogP contribution is 2.17. The Morgan fingerprint density at radius 3 is 2.52 bits per heavy atom. The molecular weight excluding hydrogens is 310 g/mol. The molecular formula is C17H17N3O2S. The van der Waals surface area contributed by atoms with Crippen molar-refractivity contribution < 1.29 is 9.90 Å². The van der Waals surface area contributed by atoms with Gasteiger partial charge >= 0.3 is 5.97 Å². The van der Waals surface area contributed by atoms with E-state index in [1.54, 1.807) is 18.3 Å². The molecule has 2 rings (SSSR count). The maximum Gasteiger partial charge on any atom is 0.335 e. The van der Waals surface area contributed by atoms with Crippen LogP contribution in [0.3, 0.4) is 0 Å². The van der Waals surface area contributed by atoms with Gasteiger partial charge in [0, 0.05) is 5.69 Å². The number of aryl methyl sites for hydroxylation is 1. The zero-order valence-corrected chi connectivity index (χ0v) is 13.6. The Morgan fingerprint density at radius 2 is 1.87 bits per heavy atom. The lowest BCUT2D eigenvalue weighted by Crippen LogP contribution is -2.24. The molecule has 6 heteroatoms. The van der Waals surface area contributed by atoms with E-state index in [0.717, 1.165) is 16.8 Å². The summed E-state index contributed by atoms with van der Waals surface area (Å²) in [6.07, 6.45) is 1.57. The van der Waals surface area contributed by atoms with Gasteiger partial charge in [-0.3, -0.25) is 5.43 Å². The van der Waals surface area contributed by atoms with Crippen molar-refractivity contribution >= 4 is 35.2 Å². The largest absolute Gasteiger partial charge is 0.478 e. The first-order chi connectivity index (χ1) is 11.0. The smallest absolute Gasteiger partial charge is 0.335 e. The number of hydrogen-bond acceptors (Lipinski definition) is 3. The summed E-state index contributed by atoms with van der Waals surface area (Å²) in [5, 5.41) is 16.3. The summed E-state index contributed by atoms with van der Waals surface area (Å²) in [5.74, 6) is -0.953. The van der Waals surface area contributed by atoms with Gasteiger partial charge in [0.25, 0.3) is 0 Å². The molecule has 0 amide bonds. The number of anilines is 1. The zero-order valence-electron chi connectivity index (χ0n) is 12.8. The molecule has 0 spiro atoms. The second kappa shape index (κ2) is 7.51. The first-order valence-corrected chi connectivity index (χ1v) is 7.38. The second-order valence-electron chi connectivity index (χ2n) is 5.00. The highest BCUT2D eigenvalue weighted by Gasteiger charge is 2.02. The van der Waals surface area contributed by atoms with Crippen LogP contribution in [0.2, 0.25) is 0 Å². The quantitative estimate of drug-likeness (QED) is 0.456. The fourth-order valence-corrected chi connectivity index (χ4v) is 2.08. The van der Waals surface area contributed by atoms with Gasteiger partial charge in [0.05, 0.1) is 11.8 Å². The van der Waals surface area contributed by atoms with Crippen LogP contribution in [-0.2, 0) is 0 Å². The molecule has 0 saturated carbocycles. The number of hydrazone groups is 1. The predicted molar refractivity (Wildman–Crippen MR) is 96.3 cm³/mol. The third kappa shape index (κ3) is 4.62. The zero-order chi connectivity index (χ0) is 16.8. The van der Waals surface area contributed by atoms with Gasteiger partial charge in [0.15, 0.2) is 5.11 Å². The summed E-state index contributed by atoms with van der Waals surface area (Å²) >= 11 is 5.20. The van der Waals surface area contributed by atoms with Crippen molar-refractivity contribution in [3.8, 4) is 0 Å². The molecule has 0 unspecified atom stereocenters. The van der Waals surface area contributed by atoms with E-state index in [-0.39, 0.29) is 5.56 Å². The second-order valence-corrected chi connectivity index (χ2v) is 5.41. The van der Waals surface area contributed by atoms with Crippen molar-refractivity contribution in [2.24, 2.45) is 5.10 Å². The van der Waals surface area contributed by atoms with Crippen molar-refractivity contribution in [1.29, 1.82) is 0 Å². The van der Waals surface area contributed by atoms with Crippen LogP contribution in [0.15, 0.2) is 47.6 Å². The van der Waals surface area contributed by atoms with Crippen molar-refractivity contribution in [3.63, 3.8) is 0 Å². The lowest BCUT2D eigenvalue weighted by Gasteiger charge is -2.11. The van der Waals surface area contributed by atoms with E-state index in [2.05, 4.69) is 15.8 Å². The van der Waals surface area contributed by atoms with Gasteiger partial charge in [0.2, 0.25) is 0 Å². The molecule has 0 fully saturated rings. The van der Waals surface area contributed by atoms with Gasteiger partial charge in [-0.05, 0) is 61.0 Å². The minimum atomic E-state index is -0.953. The molecule has 5 nitrogen and oxygen atoms in total. The maximum absolute atomic E-state index is 10.8. The molecule has 0 bridgehead atoms. The SMILES string of the molecule is Cc1cccc(NC(=S)NN=Cc2ccc(C(=O)O)cc2)c1C. The lowest BCUT2D eigenvalue weighted by molar-refractivity contribution is 0.0697. The summed E-state index contributed by atoms with van der Waals surface area (Å²) in [4.78, 5) is 10.8. The van der Waals surface area contributed by atoms with Crippen LogP contribution in [0, 0.1) is 13.8 Å². The Morgan fingerprint density at radius 1 is 1.17 bits per heavy atom. The minimum absolute atomic E-state index is 0.238. The van der Waals surface area contributed by atoms with Crippen LogP contribution in [-0.4, -0.2) is 22.4 Å². The average Bonchev–Trinajstić information content (AvgIpc) is 2.52. The fraction of sp³-hybridized carbons (Fsp3) is 0.118. The van der Waals surface area contributed by atoms with Gasteiger partial charge < -0.3 is 10.4 Å². The first kappa shape index (κ1) is 16.6. The van der Waals surface area contributed by atoms with E-state index in [4.69, 9.17) is 17.3 Å². The molecule has 0 aliphatic heterocycles. The third-order valence-electron chi connectivity index (χ3n) is 3.39. The number of rotatable bonds is 4. The first-order valence-electron chi connectivity index (χ1n) is 6.97. The maximum atomic E-state index is 10.8. The summed E-state index contributed by atoms with van der Waals surface area (Å²) < 4.78 is 0. The molecule has 0 saturated heterocycles. The Balaban J connectivity index is 1.93. The van der Waals surface area contributed by atoms with E-state index >= 15 is 0 Å². The molecule has 0 aliphatic carbocycles. The van der Waals surface area contributed by atoms with E-state index in [1.807, 2.05) is 32.0 Å². The molecule has 0 aliphatic rings. The molecule has 118 valence electrons. The van der Waals surface area contributed by atoms with Crippen molar-refractivity contribution in [3.05, 3.63) is 64.7 Å². The molecule has 2 aromatic rings. The van der Waals surface area contributed by atoms with Crippen LogP contribution in [0.1, 0.15) is 27.0 Å². The van der Waals surface area contributed by atoms with Gasteiger partial charge in [0.1, 0.15) is 0 Å². The molecule has 2 aromatic carbocycles. The number of benzene rings is 2. The molecule has 0 radical (unpaired) electrons. The standard InChI is InChI=1S/C17H17N3O2S/c1-11-4-3-5-15(12(11)2)19-17(23)20-18-10-13-6-8-14(9-7-13)16(21)22/h3-10H,1-2H3,(H,21,22)(H2,19,20,23). The van der Waals surface area contributed by atoms with Gasteiger partial charge in [-0.25, -0.2) is 4.79 Å². The summed E-state index contributed by atoms with van der Waals surface area (Å²) in [5.41, 5.74) is 6.99. The fourth-order valence-electron chi connectivity index (χ4n) is 1.91. The van der Waals surface area contributed by atoms with Gasteiger partial charge in [-0.2, -0.15) is 5.10 Å². The normalized spacial score (nSPS) is 10.5. The number of carbonyl (C=O) groups is 1. The highest BCUT2D eigenvalue weighted by atomic mass is 32.1. The highest BCUT2D eigenvalue weighted by molar-refractivity contribution is 7.80. The summed E-state index contributed by atoms with van der Waals surface area (Å²) in [7, 11) is 0. The topological polar surface area (TPSA) is 73.7 Å². The van der Waals surface area contributed by atoms with E-state index in [9.17, 15) is 4.79 Å². The van der Waals surface area contributed by atoms with Crippen LogP contribution in [0.4, 0.5) is 5.69 Å². The number of carboxylic acids is 1. The van der Waals surface area contributed by atoms with E-state index in [0.29, 0.717) is 5.11 Å². The summed E-state index contributed by atoms with van der Waals surface area (Å²) in [6, 6.07) is 12.3. The number of nitrogens with zero attached hydrogens (tertiary/aromatic N) is 1. The van der Waals surface area contributed by atoms with Crippen LogP contribution in [0.25, 0.3) is 0 Å². The molecule has 23 heavy (non-hydrogen) atoms. The summed E-state index contributed by atoms with van der Waals surface area (Å²) in [6.45, 7) is 4.06. The molecule has 0 heterocycles. The molecule has 0 atom stereocenters. The Bertz CT molecular complexity index is 755. The number of thiocarbonyl (C=S) groups is 1. The number of aromatic carboxylic acids is 1. The Labute approximate surface area is 140 Å². The van der Waals surface area contributed by atoms with E-state index in [1.165, 1.54) is 17.7 Å². The number of carboxylic acid groups (broad SMARTS) is 1. The molecule has 0 aromatic heterocycles. The van der Waals surface area contributed by atoms with Crippen LogP contribution >= 0.6 is 12.2 Å². The average molecular weight is 327 g/mol. The Hall–Kier alpha value is -2.73. The third-order valence-corrected chi connectivity index (χ3v) is 3.58. The monoisotopic (exact) mass is 327 g/mol. The van der Waals surface area contributed by atoms with Crippen molar-refractivity contribution in [1.82, 2.24) is 5.43 Å². The van der Waals surface area contributed by atoms with Crippen LogP contribution in [0.5, 0.6) is 0 Å². The minimum Gasteiger partial charge on any atom is -0.478 e. The predicted octanol–water partition coefficient (Wildman–Crippen LogP) is 3.32.